The molecule has 20 heavy (non-hydrogen) atoms. The van der Waals surface area contributed by atoms with Crippen LogP contribution >= 0.6 is 11.3 Å². The highest BCUT2D eigenvalue weighted by Gasteiger charge is 2.12. The van der Waals surface area contributed by atoms with Crippen LogP contribution in [0.1, 0.15) is 15.2 Å². The Bertz CT molecular complexity index is 771. The highest BCUT2D eigenvalue weighted by molar-refractivity contribution is 7.91. The number of nitrogens with two attached hydrogens (primary N) is 1. The molecule has 0 aromatic carbocycles. The van der Waals surface area contributed by atoms with Gasteiger partial charge in [0.05, 0.1) is 12.1 Å². The van der Waals surface area contributed by atoms with E-state index in [1.165, 1.54) is 24.4 Å². The van der Waals surface area contributed by atoms with Gasteiger partial charge in [0, 0.05) is 17.1 Å². The summed E-state index contributed by atoms with van der Waals surface area (Å²) >= 11 is 0.994. The number of sulfonamides is 1. The Labute approximate surface area is 118 Å². The Morgan fingerprint density at radius 1 is 1.30 bits per heavy atom. The van der Waals surface area contributed by atoms with E-state index in [2.05, 4.69) is 10.3 Å². The first kappa shape index (κ1) is 14.4. The standard InChI is InChI=1S/C11H11N3O4S2/c12-20(17,18)10-4-2-8(19-10)6-14-11(16)7-1-3-9(15)13-5-7/h1-5H,6H2,(H,13,15)(H,14,16)(H2,12,17,18). The quantitative estimate of drug-likeness (QED) is 0.736. The number of aromatic nitrogens is 1. The summed E-state index contributed by atoms with van der Waals surface area (Å²) in [4.78, 5) is 25.7. The molecule has 0 radical (unpaired) electrons. The molecule has 0 atom stereocenters. The number of primary sulfonamides is 1. The Hall–Kier alpha value is -1.97. The summed E-state index contributed by atoms with van der Waals surface area (Å²) < 4.78 is 22.3. The van der Waals surface area contributed by atoms with Crippen molar-refractivity contribution in [3.63, 3.8) is 0 Å². The number of carbonyl (C=O) groups excluding carboxylic acids is 1. The maximum atomic E-state index is 11.8. The minimum Gasteiger partial charge on any atom is -0.347 e. The van der Waals surface area contributed by atoms with Crippen molar-refractivity contribution < 1.29 is 13.2 Å². The summed E-state index contributed by atoms with van der Waals surface area (Å²) in [5.74, 6) is -0.369. The molecule has 2 rings (SSSR count). The molecule has 0 fully saturated rings. The Morgan fingerprint density at radius 2 is 2.05 bits per heavy atom. The fraction of sp³-hybridized carbons (Fsp3) is 0.0909. The smallest absolute Gasteiger partial charge is 0.253 e. The molecule has 0 aliphatic heterocycles. The summed E-state index contributed by atoms with van der Waals surface area (Å²) in [5.41, 5.74) is 0.0189. The lowest BCUT2D eigenvalue weighted by molar-refractivity contribution is 0.0951. The summed E-state index contributed by atoms with van der Waals surface area (Å²) in [6, 6.07) is 5.62. The predicted molar refractivity (Wildman–Crippen MR) is 73.9 cm³/mol. The summed E-state index contributed by atoms with van der Waals surface area (Å²) in [6.07, 6.45) is 1.31. The van der Waals surface area contributed by atoms with E-state index >= 15 is 0 Å². The van der Waals surface area contributed by atoms with E-state index in [9.17, 15) is 18.0 Å². The van der Waals surface area contributed by atoms with Gasteiger partial charge in [-0.2, -0.15) is 0 Å². The molecule has 0 saturated heterocycles. The van der Waals surface area contributed by atoms with Crippen molar-refractivity contribution in [2.24, 2.45) is 5.14 Å². The average Bonchev–Trinajstić information content (AvgIpc) is 2.85. The second-order valence-electron chi connectivity index (χ2n) is 3.89. The number of pyridine rings is 1. The van der Waals surface area contributed by atoms with Gasteiger partial charge in [-0.05, 0) is 18.2 Å². The molecule has 7 nitrogen and oxygen atoms in total. The lowest BCUT2D eigenvalue weighted by Crippen LogP contribution is -2.23. The van der Waals surface area contributed by atoms with Crippen LogP contribution in [-0.2, 0) is 16.6 Å². The molecule has 0 saturated carbocycles. The van der Waals surface area contributed by atoms with Gasteiger partial charge >= 0.3 is 0 Å². The van der Waals surface area contributed by atoms with Crippen LogP contribution in [0.5, 0.6) is 0 Å². The average molecular weight is 313 g/mol. The van der Waals surface area contributed by atoms with Crippen LogP contribution in [0.15, 0.2) is 39.5 Å². The maximum absolute atomic E-state index is 11.8. The Balaban J connectivity index is 2.02. The number of aromatic amines is 1. The molecule has 2 aromatic rings. The van der Waals surface area contributed by atoms with Gasteiger partial charge in [0.2, 0.25) is 15.6 Å². The molecule has 2 heterocycles. The fourth-order valence-electron chi connectivity index (χ4n) is 1.43. The number of hydrogen-bond acceptors (Lipinski definition) is 5. The second-order valence-corrected chi connectivity index (χ2v) is 6.85. The van der Waals surface area contributed by atoms with Crippen LogP contribution in [0.25, 0.3) is 0 Å². The first-order chi connectivity index (χ1) is 9.36. The van der Waals surface area contributed by atoms with E-state index in [1.54, 1.807) is 6.07 Å². The van der Waals surface area contributed by atoms with Crippen molar-refractivity contribution in [1.82, 2.24) is 10.3 Å². The molecular weight excluding hydrogens is 302 g/mol. The van der Waals surface area contributed by atoms with Crippen molar-refractivity contribution in [2.75, 3.05) is 0 Å². The van der Waals surface area contributed by atoms with Crippen LogP contribution in [0, 0.1) is 0 Å². The maximum Gasteiger partial charge on any atom is 0.253 e. The molecule has 0 spiro atoms. The minimum atomic E-state index is -3.71. The molecule has 106 valence electrons. The van der Waals surface area contributed by atoms with E-state index in [0.29, 0.717) is 10.4 Å². The molecule has 1 amide bonds. The zero-order valence-corrected chi connectivity index (χ0v) is 11.8. The van der Waals surface area contributed by atoms with Crippen LogP contribution in [-0.4, -0.2) is 19.3 Å². The van der Waals surface area contributed by atoms with Gasteiger partial charge < -0.3 is 10.3 Å². The largest absolute Gasteiger partial charge is 0.347 e. The third-order valence-corrected chi connectivity index (χ3v) is 4.91. The summed E-state index contributed by atoms with van der Waals surface area (Å²) in [6.45, 7) is 0.179. The predicted octanol–water partition coefficient (Wildman–Crippen LogP) is 0.0138. The number of hydrogen-bond donors (Lipinski definition) is 3. The molecule has 9 heteroatoms. The van der Waals surface area contributed by atoms with Gasteiger partial charge in [-0.1, -0.05) is 0 Å². The first-order valence-corrected chi connectivity index (χ1v) is 7.81. The van der Waals surface area contributed by atoms with Crippen LogP contribution < -0.4 is 16.0 Å². The highest BCUT2D eigenvalue weighted by atomic mass is 32.2. The molecular formula is C11H11N3O4S2. The molecule has 0 bridgehead atoms. The van der Waals surface area contributed by atoms with E-state index in [4.69, 9.17) is 5.14 Å². The van der Waals surface area contributed by atoms with Crippen molar-refractivity contribution in [3.8, 4) is 0 Å². The highest BCUT2D eigenvalue weighted by Crippen LogP contribution is 2.19. The lowest BCUT2D eigenvalue weighted by Gasteiger charge is -2.02. The Kier molecular flexibility index (Phi) is 4.02. The monoisotopic (exact) mass is 313 g/mol. The van der Waals surface area contributed by atoms with Gasteiger partial charge in [0.1, 0.15) is 4.21 Å². The van der Waals surface area contributed by atoms with E-state index in [1.807, 2.05) is 0 Å². The SMILES string of the molecule is NS(=O)(=O)c1ccc(CNC(=O)c2ccc(=O)[nH]c2)s1. The topological polar surface area (TPSA) is 122 Å². The molecule has 0 aliphatic carbocycles. The van der Waals surface area contributed by atoms with E-state index in [-0.39, 0.29) is 22.2 Å². The van der Waals surface area contributed by atoms with E-state index < -0.39 is 10.0 Å². The molecule has 2 aromatic heterocycles. The van der Waals surface area contributed by atoms with Crippen LogP contribution in [0.3, 0.4) is 0 Å². The zero-order valence-electron chi connectivity index (χ0n) is 10.1. The van der Waals surface area contributed by atoms with Gasteiger partial charge in [-0.25, -0.2) is 13.6 Å². The molecule has 4 N–H and O–H groups in total. The summed E-state index contributed by atoms with van der Waals surface area (Å²) in [5, 5.41) is 7.61. The van der Waals surface area contributed by atoms with E-state index in [0.717, 1.165) is 11.3 Å². The number of H-pyrrole nitrogens is 1. The number of thiophene rings is 1. The summed E-state index contributed by atoms with van der Waals surface area (Å²) in [7, 11) is -3.71. The lowest BCUT2D eigenvalue weighted by atomic mass is 10.2. The molecule has 0 unspecified atom stereocenters. The van der Waals surface area contributed by atoms with Gasteiger partial charge in [0.15, 0.2) is 0 Å². The normalized spacial score (nSPS) is 11.2. The second kappa shape index (κ2) is 5.57. The molecule has 0 aliphatic rings. The number of amides is 1. The van der Waals surface area contributed by atoms with Gasteiger partial charge in [-0.15, -0.1) is 11.3 Å². The van der Waals surface area contributed by atoms with Gasteiger partial charge in [-0.3, -0.25) is 9.59 Å². The number of carbonyl (C=O) groups is 1. The van der Waals surface area contributed by atoms with Crippen molar-refractivity contribution in [1.29, 1.82) is 0 Å². The number of nitrogens with one attached hydrogen (secondary N) is 2. The van der Waals surface area contributed by atoms with Gasteiger partial charge in [0.25, 0.3) is 5.91 Å². The fourth-order valence-corrected chi connectivity index (χ4v) is 3.15. The third kappa shape index (κ3) is 3.53. The Morgan fingerprint density at radius 3 is 2.60 bits per heavy atom. The van der Waals surface area contributed by atoms with Crippen molar-refractivity contribution in [3.05, 3.63) is 51.3 Å². The third-order valence-electron chi connectivity index (χ3n) is 2.39. The number of rotatable bonds is 4. The van der Waals surface area contributed by atoms with Crippen molar-refractivity contribution >= 4 is 27.3 Å². The van der Waals surface area contributed by atoms with Crippen LogP contribution in [0.2, 0.25) is 0 Å². The minimum absolute atomic E-state index is 0.0470. The zero-order chi connectivity index (χ0) is 14.8. The van der Waals surface area contributed by atoms with Crippen molar-refractivity contribution in [2.45, 2.75) is 10.8 Å². The van der Waals surface area contributed by atoms with Crippen LogP contribution in [0.4, 0.5) is 0 Å². The first-order valence-electron chi connectivity index (χ1n) is 5.45.